The van der Waals surface area contributed by atoms with Gasteiger partial charge in [0, 0.05) is 33.4 Å². The minimum Gasteiger partial charge on any atom is -0.488 e. The molecule has 0 aliphatic carbocycles. The lowest BCUT2D eigenvalue weighted by Crippen LogP contribution is -2.51. The van der Waals surface area contributed by atoms with E-state index in [2.05, 4.69) is 68.6 Å². The Kier molecular flexibility index (Phi) is 3.27. The van der Waals surface area contributed by atoms with Crippen LogP contribution in [0.1, 0.15) is 30.5 Å². The SMILES string of the molecule is Cc1ccc2c(c1)NC1C3=C(SCC1C2(C)C)c1ccccc1OC3. The number of fused-ring (bicyclic) bond motifs is 5. The summed E-state index contributed by atoms with van der Waals surface area (Å²) in [6.07, 6.45) is 0. The van der Waals surface area contributed by atoms with Crippen LogP contribution < -0.4 is 10.1 Å². The molecule has 2 nitrogen and oxygen atoms in total. The van der Waals surface area contributed by atoms with Crippen LogP contribution in [-0.4, -0.2) is 18.4 Å². The van der Waals surface area contributed by atoms with Crippen molar-refractivity contribution in [3.63, 3.8) is 0 Å². The standard InChI is InChI=1S/C22H23NOS/c1-13-8-9-16-18(10-13)23-20-15-11-24-19-7-5-4-6-14(19)21(15)25-12-17(20)22(16,2)3/h4-10,17,20,23H,11-12H2,1-3H3. The largest absolute Gasteiger partial charge is 0.488 e. The van der Waals surface area contributed by atoms with E-state index in [1.165, 1.54) is 32.9 Å². The third-order valence-electron chi connectivity index (χ3n) is 6.10. The maximum atomic E-state index is 6.11. The molecule has 0 radical (unpaired) electrons. The molecule has 0 spiro atoms. The number of hydrogen-bond donors (Lipinski definition) is 1. The molecule has 0 saturated carbocycles. The molecule has 0 saturated heterocycles. The van der Waals surface area contributed by atoms with Gasteiger partial charge in [0.05, 0.1) is 6.04 Å². The summed E-state index contributed by atoms with van der Waals surface area (Å²) in [7, 11) is 0. The monoisotopic (exact) mass is 349 g/mol. The maximum Gasteiger partial charge on any atom is 0.128 e. The van der Waals surface area contributed by atoms with E-state index in [4.69, 9.17) is 4.74 Å². The maximum absolute atomic E-state index is 6.11. The normalized spacial score (nSPS) is 25.7. The lowest BCUT2D eigenvalue weighted by Gasteiger charge is -2.50. The molecule has 0 fully saturated rings. The van der Waals surface area contributed by atoms with E-state index in [-0.39, 0.29) is 5.41 Å². The highest BCUT2D eigenvalue weighted by Crippen LogP contribution is 2.54. The Morgan fingerprint density at radius 3 is 2.88 bits per heavy atom. The number of nitrogens with one attached hydrogen (secondary N) is 1. The van der Waals surface area contributed by atoms with Crippen LogP contribution in [0.4, 0.5) is 5.69 Å². The van der Waals surface area contributed by atoms with E-state index in [0.717, 1.165) is 11.5 Å². The Morgan fingerprint density at radius 2 is 2.00 bits per heavy atom. The summed E-state index contributed by atoms with van der Waals surface area (Å²) >= 11 is 2.02. The van der Waals surface area contributed by atoms with Gasteiger partial charge < -0.3 is 10.1 Å². The molecule has 0 amide bonds. The average molecular weight is 349 g/mol. The second-order valence-electron chi connectivity index (χ2n) is 7.95. The molecule has 0 bridgehead atoms. The van der Waals surface area contributed by atoms with Gasteiger partial charge in [-0.3, -0.25) is 0 Å². The molecule has 1 N–H and O–H groups in total. The van der Waals surface area contributed by atoms with E-state index in [9.17, 15) is 0 Å². The average Bonchev–Trinajstić information content (AvgIpc) is 2.61. The summed E-state index contributed by atoms with van der Waals surface area (Å²) in [5.74, 6) is 2.74. The highest BCUT2D eigenvalue weighted by molar-refractivity contribution is 8.08. The highest BCUT2D eigenvalue weighted by Gasteiger charge is 2.47. The smallest absolute Gasteiger partial charge is 0.128 e. The summed E-state index contributed by atoms with van der Waals surface area (Å²) in [5.41, 5.74) is 6.90. The van der Waals surface area contributed by atoms with Gasteiger partial charge in [0.1, 0.15) is 12.4 Å². The van der Waals surface area contributed by atoms with Crippen LogP contribution in [0.25, 0.3) is 4.91 Å². The molecule has 2 atom stereocenters. The van der Waals surface area contributed by atoms with E-state index in [1.54, 1.807) is 0 Å². The fourth-order valence-electron chi connectivity index (χ4n) is 4.61. The Labute approximate surface area is 153 Å². The third kappa shape index (κ3) is 2.18. The Hall–Kier alpha value is -1.87. The van der Waals surface area contributed by atoms with Crippen LogP contribution in [0.2, 0.25) is 0 Å². The number of thioether (sulfide) groups is 1. The quantitative estimate of drug-likeness (QED) is 0.703. The number of rotatable bonds is 0. The second-order valence-corrected chi connectivity index (χ2v) is 8.98. The van der Waals surface area contributed by atoms with Crippen LogP contribution in [0.5, 0.6) is 5.75 Å². The van der Waals surface area contributed by atoms with Crippen molar-refractivity contribution in [1.29, 1.82) is 0 Å². The minimum absolute atomic E-state index is 0.154. The first-order valence-electron chi connectivity index (χ1n) is 9.01. The van der Waals surface area contributed by atoms with Crippen molar-refractivity contribution < 1.29 is 4.74 Å². The topological polar surface area (TPSA) is 21.3 Å². The molecule has 128 valence electrons. The summed E-state index contributed by atoms with van der Waals surface area (Å²) < 4.78 is 6.11. The fourth-order valence-corrected chi connectivity index (χ4v) is 6.26. The van der Waals surface area contributed by atoms with Crippen molar-refractivity contribution in [3.8, 4) is 5.75 Å². The zero-order valence-corrected chi connectivity index (χ0v) is 15.7. The molecular formula is C22H23NOS. The first-order chi connectivity index (χ1) is 12.1. The molecule has 3 aliphatic rings. The van der Waals surface area contributed by atoms with Crippen molar-refractivity contribution in [3.05, 3.63) is 64.7 Å². The van der Waals surface area contributed by atoms with Crippen LogP contribution in [-0.2, 0) is 5.41 Å². The summed E-state index contributed by atoms with van der Waals surface area (Å²) in [4.78, 5) is 1.43. The molecule has 3 aliphatic heterocycles. The highest BCUT2D eigenvalue weighted by atomic mass is 32.2. The van der Waals surface area contributed by atoms with Gasteiger partial charge in [-0.15, -0.1) is 11.8 Å². The van der Waals surface area contributed by atoms with E-state index < -0.39 is 0 Å². The number of anilines is 1. The fraction of sp³-hybridized carbons (Fsp3) is 0.364. The predicted molar refractivity (Wildman–Crippen MR) is 106 cm³/mol. The van der Waals surface area contributed by atoms with Crippen LogP contribution in [0, 0.1) is 12.8 Å². The molecular weight excluding hydrogens is 326 g/mol. The van der Waals surface area contributed by atoms with E-state index >= 15 is 0 Å². The van der Waals surface area contributed by atoms with Crippen LogP contribution in [0.3, 0.4) is 0 Å². The number of benzene rings is 2. The third-order valence-corrected chi connectivity index (χ3v) is 7.40. The number of aryl methyl sites for hydroxylation is 1. The second kappa shape index (κ2) is 5.31. The molecule has 3 heteroatoms. The molecule has 2 aromatic carbocycles. The molecule has 3 heterocycles. The van der Waals surface area contributed by atoms with Gasteiger partial charge >= 0.3 is 0 Å². The van der Waals surface area contributed by atoms with Gasteiger partial charge in [-0.2, -0.15) is 0 Å². The predicted octanol–water partition coefficient (Wildman–Crippen LogP) is 5.23. The van der Waals surface area contributed by atoms with Crippen LogP contribution in [0.15, 0.2) is 48.0 Å². The van der Waals surface area contributed by atoms with Gasteiger partial charge in [0.15, 0.2) is 0 Å². The van der Waals surface area contributed by atoms with Crippen LogP contribution >= 0.6 is 11.8 Å². The van der Waals surface area contributed by atoms with Crippen molar-refractivity contribution in [2.45, 2.75) is 32.2 Å². The number of hydrogen-bond acceptors (Lipinski definition) is 3. The summed E-state index contributed by atoms with van der Waals surface area (Å²) in [5, 5.41) is 3.87. The van der Waals surface area contributed by atoms with Gasteiger partial charge in [-0.1, -0.05) is 44.2 Å². The molecule has 2 unspecified atom stereocenters. The van der Waals surface area contributed by atoms with Crippen molar-refractivity contribution in [2.75, 3.05) is 17.7 Å². The Bertz CT molecular complexity index is 899. The Morgan fingerprint density at radius 1 is 1.16 bits per heavy atom. The van der Waals surface area contributed by atoms with Crippen molar-refractivity contribution in [2.24, 2.45) is 5.92 Å². The molecule has 5 rings (SSSR count). The first kappa shape index (κ1) is 15.4. The van der Waals surface area contributed by atoms with E-state index in [0.29, 0.717) is 18.6 Å². The first-order valence-corrected chi connectivity index (χ1v) is 10.00. The van der Waals surface area contributed by atoms with E-state index in [1.807, 2.05) is 11.8 Å². The van der Waals surface area contributed by atoms with Crippen molar-refractivity contribution in [1.82, 2.24) is 0 Å². The minimum atomic E-state index is 0.154. The van der Waals surface area contributed by atoms with Gasteiger partial charge in [-0.25, -0.2) is 0 Å². The molecule has 0 aromatic heterocycles. The number of ether oxygens (including phenoxy) is 1. The van der Waals surface area contributed by atoms with Gasteiger partial charge in [-0.05, 0) is 35.6 Å². The zero-order valence-electron chi connectivity index (χ0n) is 14.9. The summed E-state index contributed by atoms with van der Waals surface area (Å²) in [6.45, 7) is 7.68. The van der Waals surface area contributed by atoms with Crippen molar-refractivity contribution >= 4 is 22.4 Å². The molecule has 25 heavy (non-hydrogen) atoms. The van der Waals surface area contributed by atoms with Gasteiger partial charge in [0.25, 0.3) is 0 Å². The number of para-hydroxylation sites is 1. The molecule has 2 aromatic rings. The van der Waals surface area contributed by atoms with Gasteiger partial charge in [0.2, 0.25) is 0 Å². The Balaban J connectivity index is 1.65. The lowest BCUT2D eigenvalue weighted by molar-refractivity contribution is 0.282. The zero-order chi connectivity index (χ0) is 17.2. The summed E-state index contributed by atoms with van der Waals surface area (Å²) in [6, 6.07) is 15.7. The lowest BCUT2D eigenvalue weighted by atomic mass is 9.66.